The zero-order chi connectivity index (χ0) is 22.1. The number of carbonyl (C=O) groups is 2. The molecule has 0 spiro atoms. The smallest absolute Gasteiger partial charge is 0.352 e. The molecule has 0 unspecified atom stereocenters. The number of carbonyl (C=O) groups excluding carboxylic acids is 1. The van der Waals surface area contributed by atoms with Gasteiger partial charge in [-0.3, -0.25) is 4.79 Å². The Balaban J connectivity index is 1.58. The topological polar surface area (TPSA) is 84.9 Å². The SMILES string of the molecule is O=C(COCc1ccccc1)NC(=Cc1ccc(Oc2ccccc2I)cc1)C(=O)O. The summed E-state index contributed by atoms with van der Waals surface area (Å²) in [5.41, 5.74) is 1.30. The average Bonchev–Trinajstić information content (AvgIpc) is 2.77. The Morgan fingerprint density at radius 1 is 0.935 bits per heavy atom. The summed E-state index contributed by atoms with van der Waals surface area (Å²) in [6, 6.07) is 23.9. The van der Waals surface area contributed by atoms with Gasteiger partial charge in [-0.15, -0.1) is 0 Å². The second kappa shape index (κ2) is 11.3. The molecule has 6 nitrogen and oxygen atoms in total. The maximum absolute atomic E-state index is 12.1. The van der Waals surface area contributed by atoms with Crippen molar-refractivity contribution >= 4 is 40.5 Å². The minimum absolute atomic E-state index is 0.236. The molecule has 2 N–H and O–H groups in total. The van der Waals surface area contributed by atoms with Crippen molar-refractivity contribution in [2.24, 2.45) is 0 Å². The van der Waals surface area contributed by atoms with E-state index >= 15 is 0 Å². The molecule has 0 heterocycles. The first-order valence-corrected chi connectivity index (χ1v) is 10.5. The van der Waals surface area contributed by atoms with Crippen LogP contribution in [0.25, 0.3) is 6.08 Å². The van der Waals surface area contributed by atoms with Gasteiger partial charge in [-0.25, -0.2) is 4.79 Å². The first-order chi connectivity index (χ1) is 15.0. The second-order valence-corrected chi connectivity index (χ2v) is 7.65. The summed E-state index contributed by atoms with van der Waals surface area (Å²) in [5.74, 6) is -0.421. The van der Waals surface area contributed by atoms with E-state index < -0.39 is 11.9 Å². The Morgan fingerprint density at radius 2 is 1.61 bits per heavy atom. The molecule has 0 aliphatic rings. The molecular formula is C24H20INO5. The van der Waals surface area contributed by atoms with Gasteiger partial charge >= 0.3 is 5.97 Å². The summed E-state index contributed by atoms with van der Waals surface area (Å²) in [6.45, 7) is 0.0181. The summed E-state index contributed by atoms with van der Waals surface area (Å²) < 4.78 is 12.2. The number of aliphatic carboxylic acids is 1. The quantitative estimate of drug-likeness (QED) is 0.306. The van der Waals surface area contributed by atoms with Gasteiger partial charge in [-0.05, 0) is 64.1 Å². The number of halogens is 1. The predicted octanol–water partition coefficient (Wildman–Crippen LogP) is 4.84. The van der Waals surface area contributed by atoms with Crippen LogP contribution in [0.2, 0.25) is 0 Å². The Morgan fingerprint density at radius 3 is 2.29 bits per heavy atom. The third kappa shape index (κ3) is 7.23. The number of para-hydroxylation sites is 1. The second-order valence-electron chi connectivity index (χ2n) is 6.49. The van der Waals surface area contributed by atoms with Crippen LogP contribution in [0, 0.1) is 3.57 Å². The van der Waals surface area contributed by atoms with Crippen LogP contribution in [0.5, 0.6) is 11.5 Å². The average molecular weight is 529 g/mol. The van der Waals surface area contributed by atoms with Crippen molar-refractivity contribution in [1.82, 2.24) is 5.32 Å². The highest BCUT2D eigenvalue weighted by Gasteiger charge is 2.12. The van der Waals surface area contributed by atoms with E-state index in [0.29, 0.717) is 11.3 Å². The monoisotopic (exact) mass is 529 g/mol. The lowest BCUT2D eigenvalue weighted by Crippen LogP contribution is -2.30. The Kier molecular flexibility index (Phi) is 8.19. The van der Waals surface area contributed by atoms with E-state index in [-0.39, 0.29) is 18.9 Å². The van der Waals surface area contributed by atoms with Crippen molar-refractivity contribution in [2.45, 2.75) is 6.61 Å². The molecule has 3 aromatic carbocycles. The standard InChI is InChI=1S/C24H20INO5/c25-20-8-4-5-9-22(20)31-19-12-10-17(11-13-19)14-21(24(28)29)26-23(27)16-30-15-18-6-2-1-3-7-18/h1-14H,15-16H2,(H,26,27)(H,28,29). The van der Waals surface area contributed by atoms with Crippen molar-refractivity contribution in [3.63, 3.8) is 0 Å². The highest BCUT2D eigenvalue weighted by Crippen LogP contribution is 2.26. The van der Waals surface area contributed by atoms with Crippen LogP contribution < -0.4 is 10.1 Å². The normalized spacial score (nSPS) is 11.1. The lowest BCUT2D eigenvalue weighted by atomic mass is 10.2. The van der Waals surface area contributed by atoms with Gasteiger partial charge in [-0.1, -0.05) is 54.6 Å². The summed E-state index contributed by atoms with van der Waals surface area (Å²) in [7, 11) is 0. The Bertz CT molecular complexity index is 1060. The fourth-order valence-electron chi connectivity index (χ4n) is 2.63. The zero-order valence-electron chi connectivity index (χ0n) is 16.5. The van der Waals surface area contributed by atoms with Crippen molar-refractivity contribution in [3.8, 4) is 11.5 Å². The molecule has 0 bridgehead atoms. The van der Waals surface area contributed by atoms with Gasteiger partial charge in [0.05, 0.1) is 10.2 Å². The van der Waals surface area contributed by atoms with Crippen molar-refractivity contribution < 1.29 is 24.2 Å². The number of ether oxygens (including phenoxy) is 2. The molecule has 0 saturated carbocycles. The molecule has 0 aliphatic carbocycles. The Labute approximate surface area is 193 Å². The van der Waals surface area contributed by atoms with E-state index in [1.807, 2.05) is 54.6 Å². The molecule has 0 aliphatic heterocycles. The van der Waals surface area contributed by atoms with Gasteiger partial charge in [0, 0.05) is 0 Å². The van der Waals surface area contributed by atoms with Crippen LogP contribution in [0.3, 0.4) is 0 Å². The van der Waals surface area contributed by atoms with Crippen LogP contribution in [0.1, 0.15) is 11.1 Å². The van der Waals surface area contributed by atoms with E-state index in [1.54, 1.807) is 24.3 Å². The van der Waals surface area contributed by atoms with Crippen LogP contribution >= 0.6 is 22.6 Å². The number of carboxylic acid groups (broad SMARTS) is 1. The van der Waals surface area contributed by atoms with E-state index in [9.17, 15) is 14.7 Å². The number of hydrogen-bond acceptors (Lipinski definition) is 4. The summed E-state index contributed by atoms with van der Waals surface area (Å²) >= 11 is 2.19. The minimum atomic E-state index is -1.24. The van der Waals surface area contributed by atoms with E-state index in [0.717, 1.165) is 14.9 Å². The summed E-state index contributed by atoms with van der Waals surface area (Å²) in [4.78, 5) is 23.6. The third-order valence-corrected chi connectivity index (χ3v) is 5.00. The molecule has 158 valence electrons. The van der Waals surface area contributed by atoms with Crippen LogP contribution in [-0.2, 0) is 20.9 Å². The molecular weight excluding hydrogens is 509 g/mol. The van der Waals surface area contributed by atoms with Crippen LogP contribution in [0.4, 0.5) is 0 Å². The number of benzene rings is 3. The van der Waals surface area contributed by atoms with Gasteiger partial charge < -0.3 is 19.9 Å². The van der Waals surface area contributed by atoms with E-state index in [4.69, 9.17) is 9.47 Å². The van der Waals surface area contributed by atoms with Gasteiger partial charge in [0.2, 0.25) is 0 Å². The van der Waals surface area contributed by atoms with Crippen molar-refractivity contribution in [2.75, 3.05) is 6.61 Å². The molecule has 0 aromatic heterocycles. The minimum Gasteiger partial charge on any atom is -0.477 e. The van der Waals surface area contributed by atoms with Gasteiger partial charge in [0.15, 0.2) is 0 Å². The van der Waals surface area contributed by atoms with Gasteiger partial charge in [-0.2, -0.15) is 0 Å². The maximum Gasteiger partial charge on any atom is 0.352 e. The number of nitrogens with one attached hydrogen (secondary N) is 1. The van der Waals surface area contributed by atoms with Gasteiger partial charge in [0.1, 0.15) is 23.8 Å². The summed E-state index contributed by atoms with van der Waals surface area (Å²) in [5, 5.41) is 11.8. The summed E-state index contributed by atoms with van der Waals surface area (Å²) in [6.07, 6.45) is 1.38. The number of carboxylic acids is 1. The lowest BCUT2D eigenvalue weighted by molar-refractivity contribution is -0.135. The lowest BCUT2D eigenvalue weighted by Gasteiger charge is -2.09. The molecule has 3 aromatic rings. The highest BCUT2D eigenvalue weighted by molar-refractivity contribution is 14.1. The van der Waals surface area contributed by atoms with Gasteiger partial charge in [0.25, 0.3) is 5.91 Å². The molecule has 31 heavy (non-hydrogen) atoms. The number of hydrogen-bond donors (Lipinski definition) is 2. The van der Waals surface area contributed by atoms with Crippen molar-refractivity contribution in [1.29, 1.82) is 0 Å². The largest absolute Gasteiger partial charge is 0.477 e. The molecule has 3 rings (SSSR count). The maximum atomic E-state index is 12.1. The fraction of sp³-hybridized carbons (Fsp3) is 0.0833. The fourth-order valence-corrected chi connectivity index (χ4v) is 3.12. The first-order valence-electron chi connectivity index (χ1n) is 9.40. The predicted molar refractivity (Wildman–Crippen MR) is 126 cm³/mol. The number of amides is 1. The molecule has 1 amide bonds. The molecule has 7 heteroatoms. The molecule has 0 fully saturated rings. The Hall–Kier alpha value is -3.17. The zero-order valence-corrected chi connectivity index (χ0v) is 18.6. The molecule has 0 radical (unpaired) electrons. The highest BCUT2D eigenvalue weighted by atomic mass is 127. The van der Waals surface area contributed by atoms with Crippen LogP contribution in [0.15, 0.2) is 84.6 Å². The van der Waals surface area contributed by atoms with E-state index in [1.165, 1.54) is 6.08 Å². The van der Waals surface area contributed by atoms with Crippen LogP contribution in [-0.4, -0.2) is 23.6 Å². The number of rotatable bonds is 9. The molecule has 0 saturated heterocycles. The third-order valence-electron chi connectivity index (χ3n) is 4.10. The molecule has 0 atom stereocenters. The first kappa shape index (κ1) is 22.5. The van der Waals surface area contributed by atoms with Crippen molar-refractivity contribution in [3.05, 3.63) is 99.3 Å². The van der Waals surface area contributed by atoms with E-state index in [2.05, 4.69) is 27.9 Å².